The number of rotatable bonds is 8. The number of aliphatic hydroxyl groups is 1. The molecule has 2 atom stereocenters. The molecule has 2 aromatic rings. The standard InChI is InChI=1S/C25H29N3O6/c1-5-28(23(32)20(16-29)27-24(33)34-25(2,3)4)21(18-11-13-19(30)14-12-18)22(31)26-15-17-9-7-6-8-10-17/h1,6-14,20-21,29-30H,15-16H2,2-4H3,(H,26,31)(H,27,33). The van der Waals surface area contributed by atoms with Crippen molar-refractivity contribution >= 4 is 17.9 Å². The van der Waals surface area contributed by atoms with Gasteiger partial charge in [0.2, 0.25) is 5.91 Å². The molecule has 180 valence electrons. The molecule has 0 spiro atoms. The van der Waals surface area contributed by atoms with Crippen molar-refractivity contribution in [3.63, 3.8) is 0 Å². The average Bonchev–Trinajstić information content (AvgIpc) is 2.79. The van der Waals surface area contributed by atoms with Crippen molar-refractivity contribution in [1.29, 1.82) is 0 Å². The molecule has 4 N–H and O–H groups in total. The fraction of sp³-hybridized carbons (Fsp3) is 0.320. The van der Waals surface area contributed by atoms with Crippen LogP contribution in [-0.2, 0) is 20.9 Å². The van der Waals surface area contributed by atoms with Crippen LogP contribution in [0.1, 0.15) is 37.9 Å². The van der Waals surface area contributed by atoms with Gasteiger partial charge in [-0.1, -0.05) is 48.9 Å². The van der Waals surface area contributed by atoms with Gasteiger partial charge in [-0.05, 0) is 44.0 Å². The fourth-order valence-electron chi connectivity index (χ4n) is 3.02. The third kappa shape index (κ3) is 7.53. The summed E-state index contributed by atoms with van der Waals surface area (Å²) in [6, 6.07) is 14.2. The third-order valence-corrected chi connectivity index (χ3v) is 4.57. The molecule has 0 aliphatic rings. The van der Waals surface area contributed by atoms with Crippen LogP contribution in [0.4, 0.5) is 4.79 Å². The lowest BCUT2D eigenvalue weighted by atomic mass is 10.0. The first kappa shape index (κ1) is 26.2. The number of hydrogen-bond acceptors (Lipinski definition) is 6. The van der Waals surface area contributed by atoms with Crippen LogP contribution < -0.4 is 10.6 Å². The third-order valence-electron chi connectivity index (χ3n) is 4.57. The zero-order valence-electron chi connectivity index (χ0n) is 19.3. The topological polar surface area (TPSA) is 128 Å². The number of carbonyl (C=O) groups excluding carboxylic acids is 3. The van der Waals surface area contributed by atoms with Crippen molar-refractivity contribution in [2.75, 3.05) is 6.61 Å². The van der Waals surface area contributed by atoms with E-state index in [2.05, 4.69) is 16.7 Å². The van der Waals surface area contributed by atoms with Crippen molar-refractivity contribution in [3.05, 3.63) is 65.7 Å². The van der Waals surface area contributed by atoms with E-state index in [4.69, 9.17) is 11.2 Å². The van der Waals surface area contributed by atoms with Crippen LogP contribution in [0.2, 0.25) is 0 Å². The average molecular weight is 468 g/mol. The summed E-state index contributed by atoms with van der Waals surface area (Å²) in [6.07, 6.45) is 4.69. The number of aromatic hydroxyl groups is 1. The van der Waals surface area contributed by atoms with Gasteiger partial charge in [-0.3, -0.25) is 14.5 Å². The van der Waals surface area contributed by atoms with E-state index in [1.54, 1.807) is 20.8 Å². The molecule has 0 radical (unpaired) electrons. The number of benzene rings is 2. The van der Waals surface area contributed by atoms with E-state index in [1.165, 1.54) is 24.3 Å². The van der Waals surface area contributed by atoms with Gasteiger partial charge in [-0.15, -0.1) is 0 Å². The maximum Gasteiger partial charge on any atom is 0.408 e. The number of aliphatic hydroxyl groups excluding tert-OH is 1. The first-order chi connectivity index (χ1) is 16.1. The summed E-state index contributed by atoms with van der Waals surface area (Å²) in [5.74, 6) is -1.51. The first-order valence-corrected chi connectivity index (χ1v) is 10.6. The number of hydrogen-bond donors (Lipinski definition) is 4. The maximum absolute atomic E-state index is 13.2. The van der Waals surface area contributed by atoms with Crippen molar-refractivity contribution < 1.29 is 29.3 Å². The molecule has 2 aromatic carbocycles. The Morgan fingerprint density at radius 1 is 1.09 bits per heavy atom. The molecular weight excluding hydrogens is 438 g/mol. The van der Waals surface area contributed by atoms with E-state index < -0.39 is 42.2 Å². The van der Waals surface area contributed by atoms with Crippen molar-refractivity contribution in [2.45, 2.75) is 45.0 Å². The molecule has 9 nitrogen and oxygen atoms in total. The van der Waals surface area contributed by atoms with E-state index in [0.717, 1.165) is 10.5 Å². The molecule has 0 bridgehead atoms. The summed E-state index contributed by atoms with van der Waals surface area (Å²) < 4.78 is 5.14. The minimum Gasteiger partial charge on any atom is -0.508 e. The predicted octanol–water partition coefficient (Wildman–Crippen LogP) is 2.05. The second-order valence-electron chi connectivity index (χ2n) is 8.42. The number of nitrogens with zero attached hydrogens (tertiary/aromatic N) is 1. The quantitative estimate of drug-likeness (QED) is 0.348. The van der Waals surface area contributed by atoms with Gasteiger partial charge >= 0.3 is 6.09 Å². The molecule has 2 unspecified atom stereocenters. The Balaban J connectivity index is 2.31. The molecule has 0 aliphatic carbocycles. The van der Waals surface area contributed by atoms with Gasteiger partial charge < -0.3 is 25.6 Å². The highest BCUT2D eigenvalue weighted by Gasteiger charge is 2.35. The summed E-state index contributed by atoms with van der Waals surface area (Å²) in [5.41, 5.74) is 0.326. The van der Waals surface area contributed by atoms with E-state index >= 15 is 0 Å². The van der Waals surface area contributed by atoms with Gasteiger partial charge in [0, 0.05) is 12.6 Å². The van der Waals surface area contributed by atoms with Crippen molar-refractivity contribution in [2.24, 2.45) is 0 Å². The lowest BCUT2D eigenvalue weighted by molar-refractivity contribution is -0.139. The number of alkyl carbamates (subject to hydrolysis) is 1. The Morgan fingerprint density at radius 3 is 2.24 bits per heavy atom. The van der Waals surface area contributed by atoms with Crippen LogP contribution in [0.15, 0.2) is 54.6 Å². The minimum absolute atomic E-state index is 0.0365. The molecular formula is C25H29N3O6. The Hall–Kier alpha value is -4.03. The van der Waals surface area contributed by atoms with Crippen LogP contribution in [0.25, 0.3) is 0 Å². The molecule has 0 fully saturated rings. The van der Waals surface area contributed by atoms with Gasteiger partial charge in [0.15, 0.2) is 0 Å². The molecule has 3 amide bonds. The highest BCUT2D eigenvalue weighted by molar-refractivity contribution is 5.93. The SMILES string of the molecule is C#CN(C(=O)C(CO)NC(=O)OC(C)(C)C)C(C(=O)NCc1ccccc1)c1ccc(O)cc1. The lowest BCUT2D eigenvalue weighted by Crippen LogP contribution is -2.53. The Bertz CT molecular complexity index is 1030. The van der Waals surface area contributed by atoms with Crippen LogP contribution in [0.3, 0.4) is 0 Å². The van der Waals surface area contributed by atoms with Gasteiger partial charge in [0.1, 0.15) is 23.4 Å². The van der Waals surface area contributed by atoms with Crippen LogP contribution >= 0.6 is 0 Å². The summed E-state index contributed by atoms with van der Waals surface area (Å²) in [7, 11) is 0. The van der Waals surface area contributed by atoms with Gasteiger partial charge in [0.05, 0.1) is 6.61 Å². The summed E-state index contributed by atoms with van der Waals surface area (Å²) >= 11 is 0. The molecule has 0 aliphatic heterocycles. The molecule has 2 rings (SSSR count). The van der Waals surface area contributed by atoms with Crippen molar-refractivity contribution in [1.82, 2.24) is 15.5 Å². The summed E-state index contributed by atoms with van der Waals surface area (Å²) in [4.78, 5) is 39.3. The maximum atomic E-state index is 13.2. The second-order valence-corrected chi connectivity index (χ2v) is 8.42. The first-order valence-electron chi connectivity index (χ1n) is 10.6. The smallest absolute Gasteiger partial charge is 0.408 e. The highest BCUT2D eigenvalue weighted by Crippen LogP contribution is 2.24. The minimum atomic E-state index is -1.45. The largest absolute Gasteiger partial charge is 0.508 e. The zero-order chi connectivity index (χ0) is 25.3. The molecule has 0 saturated carbocycles. The normalized spacial score (nSPS) is 12.6. The summed E-state index contributed by atoms with van der Waals surface area (Å²) in [5, 5.41) is 24.4. The van der Waals surface area contributed by atoms with E-state index in [1.807, 2.05) is 30.3 Å². The van der Waals surface area contributed by atoms with E-state index in [0.29, 0.717) is 5.56 Å². The number of phenolic OH excluding ortho intramolecular Hbond substituents is 1. The highest BCUT2D eigenvalue weighted by atomic mass is 16.6. The Morgan fingerprint density at radius 2 is 1.71 bits per heavy atom. The van der Waals surface area contributed by atoms with Crippen LogP contribution in [0, 0.1) is 12.5 Å². The monoisotopic (exact) mass is 467 g/mol. The lowest BCUT2D eigenvalue weighted by Gasteiger charge is -2.29. The van der Waals surface area contributed by atoms with Gasteiger partial charge in [-0.2, -0.15) is 0 Å². The number of carbonyl (C=O) groups is 3. The zero-order valence-corrected chi connectivity index (χ0v) is 19.3. The molecule has 0 heterocycles. The van der Waals surface area contributed by atoms with E-state index in [-0.39, 0.29) is 12.3 Å². The van der Waals surface area contributed by atoms with Crippen LogP contribution in [0.5, 0.6) is 5.75 Å². The Kier molecular flexibility index (Phi) is 9.04. The van der Waals surface area contributed by atoms with Gasteiger partial charge in [0.25, 0.3) is 5.91 Å². The van der Waals surface area contributed by atoms with Crippen molar-refractivity contribution in [3.8, 4) is 18.2 Å². The Labute approximate surface area is 198 Å². The molecule has 34 heavy (non-hydrogen) atoms. The number of terminal acetylenes is 1. The second kappa shape index (κ2) is 11.7. The molecule has 9 heteroatoms. The number of amides is 3. The van der Waals surface area contributed by atoms with Crippen LogP contribution in [-0.4, -0.2) is 51.3 Å². The fourth-order valence-corrected chi connectivity index (χ4v) is 3.02. The summed E-state index contributed by atoms with van der Waals surface area (Å²) in [6.45, 7) is 4.35. The number of phenols is 1. The van der Waals surface area contributed by atoms with E-state index in [9.17, 15) is 24.6 Å². The number of nitrogens with one attached hydrogen (secondary N) is 2. The number of ether oxygens (including phenoxy) is 1. The molecule has 0 aromatic heterocycles. The van der Waals surface area contributed by atoms with Gasteiger partial charge in [-0.25, -0.2) is 4.79 Å². The predicted molar refractivity (Wildman–Crippen MR) is 125 cm³/mol. The molecule has 0 saturated heterocycles.